The predicted molar refractivity (Wildman–Crippen MR) is 180 cm³/mol. The van der Waals surface area contributed by atoms with Gasteiger partial charge < -0.3 is 24.3 Å². The lowest BCUT2D eigenvalue weighted by Crippen LogP contribution is -2.55. The molecule has 1 spiro atoms. The fourth-order valence-electron chi connectivity index (χ4n) is 7.68. The van der Waals surface area contributed by atoms with E-state index in [4.69, 9.17) is 9.47 Å². The zero-order valence-corrected chi connectivity index (χ0v) is 28.5. The maximum atomic E-state index is 14.9. The van der Waals surface area contributed by atoms with Gasteiger partial charge in [-0.1, -0.05) is 55.5 Å². The van der Waals surface area contributed by atoms with Gasteiger partial charge in [-0.15, -0.1) is 0 Å². The van der Waals surface area contributed by atoms with E-state index in [1.807, 2.05) is 67.6 Å². The molecule has 3 aliphatic heterocycles. The summed E-state index contributed by atoms with van der Waals surface area (Å²) in [4.78, 5) is 69.6. The summed E-state index contributed by atoms with van der Waals surface area (Å²) in [5.74, 6) is -1.92. The Morgan fingerprint density at radius 2 is 1.69 bits per heavy atom. The second-order valence-electron chi connectivity index (χ2n) is 13.3. The predicted octanol–water partition coefficient (Wildman–Crippen LogP) is 4.20. The molecule has 48 heavy (non-hydrogen) atoms. The number of para-hydroxylation sites is 1. The van der Waals surface area contributed by atoms with Gasteiger partial charge in [0.05, 0.1) is 31.2 Å². The largest absolute Gasteiger partial charge is 0.441 e. The minimum absolute atomic E-state index is 0.0493. The van der Waals surface area contributed by atoms with E-state index in [2.05, 4.69) is 0 Å². The normalized spacial score (nSPS) is 24.9. The topological polar surface area (TPSA) is 137 Å². The molecule has 3 amide bonds. The van der Waals surface area contributed by atoms with Crippen molar-refractivity contribution >= 4 is 49.1 Å². The molecule has 2 N–H and O–H groups in total. The van der Waals surface area contributed by atoms with Crippen LogP contribution < -0.4 is 9.80 Å². The molecular weight excluding hydrogens is 630 g/mol. The zero-order chi connectivity index (χ0) is 34.4. The van der Waals surface area contributed by atoms with Gasteiger partial charge in [-0.25, -0.2) is 0 Å². The summed E-state index contributed by atoms with van der Waals surface area (Å²) in [6.07, 6.45) is -1.63. The molecule has 2 fully saturated rings. The van der Waals surface area contributed by atoms with Crippen LogP contribution in [0, 0.1) is 5.92 Å². The molecule has 0 saturated carbocycles. The Morgan fingerprint density at radius 1 is 1.02 bits per heavy atom. The Bertz CT molecular complexity index is 1720. The SMILES string of the molecule is CC(=O)OC1CC(=O)N1c1ccc2c(c1)[C@]1(O[C@@H](CC(=O)N(CCO)Cc3ccccc3)[C@H]([Si](C)(C)O)[C@H]1C)C(=O)N2c1ccccc1. The van der Waals surface area contributed by atoms with Crippen LogP contribution >= 0.6 is 0 Å². The van der Waals surface area contributed by atoms with E-state index < -0.39 is 43.7 Å². The lowest BCUT2D eigenvalue weighted by atomic mass is 9.82. The molecule has 11 nitrogen and oxygen atoms in total. The highest BCUT2D eigenvalue weighted by molar-refractivity contribution is 6.71. The number of hydrogen-bond acceptors (Lipinski definition) is 8. The number of carbonyl (C=O) groups is 4. The number of rotatable bonds is 10. The van der Waals surface area contributed by atoms with Crippen LogP contribution in [0.5, 0.6) is 0 Å². The van der Waals surface area contributed by atoms with Gasteiger partial charge in [0.1, 0.15) is 0 Å². The number of hydrogen-bond donors (Lipinski definition) is 2. The van der Waals surface area contributed by atoms with Gasteiger partial charge in [-0.2, -0.15) is 0 Å². The molecule has 6 rings (SSSR count). The van der Waals surface area contributed by atoms with Crippen molar-refractivity contribution in [2.75, 3.05) is 23.0 Å². The van der Waals surface area contributed by atoms with Crippen molar-refractivity contribution in [2.45, 2.75) is 69.8 Å². The molecule has 3 aliphatic rings. The van der Waals surface area contributed by atoms with Crippen molar-refractivity contribution in [1.82, 2.24) is 4.90 Å². The molecule has 3 heterocycles. The highest BCUT2D eigenvalue weighted by Crippen LogP contribution is 2.61. The molecule has 1 unspecified atom stereocenters. The lowest BCUT2D eigenvalue weighted by molar-refractivity contribution is -0.154. The van der Waals surface area contributed by atoms with Gasteiger partial charge in [-0.3, -0.25) is 29.0 Å². The van der Waals surface area contributed by atoms with Crippen LogP contribution in [0.2, 0.25) is 18.6 Å². The lowest BCUT2D eigenvalue weighted by Gasteiger charge is -2.39. The first kappa shape index (κ1) is 33.5. The molecule has 2 saturated heterocycles. The number of aliphatic hydroxyl groups excluding tert-OH is 1. The van der Waals surface area contributed by atoms with Crippen LogP contribution in [0.25, 0.3) is 0 Å². The van der Waals surface area contributed by atoms with Crippen molar-refractivity contribution in [3.63, 3.8) is 0 Å². The maximum Gasteiger partial charge on any atom is 0.304 e. The number of nitrogens with zero attached hydrogens (tertiary/aromatic N) is 3. The van der Waals surface area contributed by atoms with Gasteiger partial charge in [0.2, 0.25) is 11.8 Å². The number of amides is 3. The minimum atomic E-state index is -3.10. The van der Waals surface area contributed by atoms with Crippen molar-refractivity contribution < 1.29 is 38.6 Å². The van der Waals surface area contributed by atoms with E-state index in [0.29, 0.717) is 29.2 Å². The Hall–Kier alpha value is -4.36. The van der Waals surface area contributed by atoms with Crippen LogP contribution in [-0.4, -0.2) is 72.3 Å². The molecule has 0 aliphatic carbocycles. The summed E-state index contributed by atoms with van der Waals surface area (Å²) in [5.41, 5.74) is 0.937. The van der Waals surface area contributed by atoms with Crippen molar-refractivity contribution in [1.29, 1.82) is 0 Å². The zero-order valence-electron chi connectivity index (χ0n) is 27.5. The quantitative estimate of drug-likeness (QED) is 0.186. The fraction of sp³-hybridized carbons (Fsp3) is 0.389. The van der Waals surface area contributed by atoms with Gasteiger partial charge >= 0.3 is 5.97 Å². The standard InChI is InChI=1S/C36H41N3O8Si/c1-23-34(48(3,4)45)30(20-31(42)37(17-18-40)22-25-11-7-5-8-12-25)47-36(23)28-19-27(39-32(43)21-33(39)46-24(2)41)15-16-29(28)38(35(36)44)26-13-9-6-10-14-26/h5-16,19,23,30,33-34,40,45H,17-18,20-22H2,1-4H3/t23-,30+,33?,34-,36+/m1/s1. The first-order valence-electron chi connectivity index (χ1n) is 16.2. The number of aliphatic hydroxyl groups is 1. The van der Waals surface area contributed by atoms with E-state index in [0.717, 1.165) is 5.56 Å². The van der Waals surface area contributed by atoms with Crippen molar-refractivity contribution in [2.24, 2.45) is 5.92 Å². The van der Waals surface area contributed by atoms with Crippen LogP contribution in [0.1, 0.15) is 37.8 Å². The second kappa shape index (κ2) is 12.9. The molecule has 0 bridgehead atoms. The Labute approximate surface area is 280 Å². The molecule has 0 aromatic heterocycles. The monoisotopic (exact) mass is 671 g/mol. The van der Waals surface area contributed by atoms with Crippen LogP contribution in [0.3, 0.4) is 0 Å². The molecular formula is C36H41N3O8Si. The van der Waals surface area contributed by atoms with E-state index in [9.17, 15) is 29.1 Å². The molecule has 5 atom stereocenters. The second-order valence-corrected chi connectivity index (χ2v) is 17.3. The molecule has 3 aromatic carbocycles. The first-order valence-corrected chi connectivity index (χ1v) is 19.3. The van der Waals surface area contributed by atoms with Crippen LogP contribution in [-0.2, 0) is 40.8 Å². The van der Waals surface area contributed by atoms with Gasteiger partial charge in [0.15, 0.2) is 20.1 Å². The van der Waals surface area contributed by atoms with Crippen molar-refractivity contribution in [3.8, 4) is 0 Å². The molecule has 12 heteroatoms. The van der Waals surface area contributed by atoms with Gasteiger partial charge in [-0.05, 0) is 49.0 Å². The fourth-order valence-corrected chi connectivity index (χ4v) is 10.2. The third-order valence-electron chi connectivity index (χ3n) is 9.69. The third kappa shape index (κ3) is 5.83. The average molecular weight is 672 g/mol. The van der Waals surface area contributed by atoms with Gasteiger partial charge in [0.25, 0.3) is 5.91 Å². The average Bonchev–Trinajstić information content (AvgIpc) is 3.47. The van der Waals surface area contributed by atoms with Gasteiger partial charge in [0, 0.05) is 48.4 Å². The Kier molecular flexibility index (Phi) is 9.03. The number of β-lactam (4-membered cyclic amide) rings is 1. The Balaban J connectivity index is 1.42. The Morgan fingerprint density at radius 3 is 2.29 bits per heavy atom. The molecule has 3 aromatic rings. The summed E-state index contributed by atoms with van der Waals surface area (Å²) in [6, 6.07) is 23.9. The highest BCUT2D eigenvalue weighted by Gasteiger charge is 2.67. The minimum Gasteiger partial charge on any atom is -0.441 e. The van der Waals surface area contributed by atoms with E-state index >= 15 is 0 Å². The molecule has 252 valence electrons. The van der Waals surface area contributed by atoms with E-state index in [-0.39, 0.29) is 43.7 Å². The number of anilines is 3. The third-order valence-corrected chi connectivity index (χ3v) is 12.2. The number of esters is 1. The van der Waals surface area contributed by atoms with Crippen LogP contribution in [0.15, 0.2) is 78.9 Å². The van der Waals surface area contributed by atoms with Crippen LogP contribution in [0.4, 0.5) is 17.1 Å². The molecule has 0 radical (unpaired) electrons. The number of ether oxygens (including phenoxy) is 2. The van der Waals surface area contributed by atoms with Crippen molar-refractivity contribution in [3.05, 3.63) is 90.0 Å². The number of carbonyl (C=O) groups excluding carboxylic acids is 4. The number of fused-ring (bicyclic) bond motifs is 2. The number of benzene rings is 3. The summed E-state index contributed by atoms with van der Waals surface area (Å²) >= 11 is 0. The summed E-state index contributed by atoms with van der Waals surface area (Å²) < 4.78 is 12.3. The van der Waals surface area contributed by atoms with E-state index in [1.54, 1.807) is 41.1 Å². The summed E-state index contributed by atoms with van der Waals surface area (Å²) in [6.45, 7) is 6.93. The van der Waals surface area contributed by atoms with E-state index in [1.165, 1.54) is 11.8 Å². The first-order chi connectivity index (χ1) is 22.9. The highest BCUT2D eigenvalue weighted by atomic mass is 28.4. The summed E-state index contributed by atoms with van der Waals surface area (Å²) in [5, 5.41) is 9.81. The summed E-state index contributed by atoms with van der Waals surface area (Å²) in [7, 11) is -3.10. The maximum absolute atomic E-state index is 14.9. The smallest absolute Gasteiger partial charge is 0.304 e.